The summed E-state index contributed by atoms with van der Waals surface area (Å²) in [5, 5.41) is 11.4. The van der Waals surface area contributed by atoms with E-state index in [1.807, 2.05) is 0 Å². The van der Waals surface area contributed by atoms with Gasteiger partial charge in [-0.15, -0.1) is 0 Å². The quantitative estimate of drug-likeness (QED) is 0.881. The minimum atomic E-state index is -0.578. The number of aliphatic hydroxyl groups excluding tert-OH is 1. The first-order chi connectivity index (χ1) is 11.6. The summed E-state index contributed by atoms with van der Waals surface area (Å²) in [6.45, 7) is 0. The minimum absolute atomic E-state index is 0.224. The lowest BCUT2D eigenvalue weighted by Crippen LogP contribution is -2.49. The highest BCUT2D eigenvalue weighted by molar-refractivity contribution is 6.37. The summed E-state index contributed by atoms with van der Waals surface area (Å²) in [7, 11) is 0. The Labute approximate surface area is 151 Å². The number of rotatable bonds is 3. The van der Waals surface area contributed by atoms with Gasteiger partial charge in [-0.3, -0.25) is 9.78 Å². The van der Waals surface area contributed by atoms with E-state index in [1.54, 1.807) is 41.4 Å². The molecule has 126 valence electrons. The van der Waals surface area contributed by atoms with Crippen LogP contribution in [0, 0.1) is 0 Å². The number of hydrogen-bond donors (Lipinski definition) is 1. The van der Waals surface area contributed by atoms with Crippen LogP contribution in [0.3, 0.4) is 0 Å². The number of amides is 1. The zero-order valence-corrected chi connectivity index (χ0v) is 14.5. The Balaban J connectivity index is 2.05. The van der Waals surface area contributed by atoms with Gasteiger partial charge in [-0.2, -0.15) is 0 Å². The molecule has 1 heterocycles. The molecule has 0 unspecified atom stereocenters. The topological polar surface area (TPSA) is 53.4 Å². The average Bonchev–Trinajstić information content (AvgIpc) is 2.59. The Hall–Kier alpha value is -1.62. The van der Waals surface area contributed by atoms with Crippen molar-refractivity contribution in [1.29, 1.82) is 0 Å². The molecule has 0 radical (unpaired) electrons. The summed E-state index contributed by atoms with van der Waals surface area (Å²) >= 11 is 12.3. The lowest BCUT2D eigenvalue weighted by atomic mass is 9.90. The molecule has 0 bridgehead atoms. The van der Waals surface area contributed by atoms with Gasteiger partial charge in [0.1, 0.15) is 0 Å². The van der Waals surface area contributed by atoms with E-state index in [0.717, 1.165) is 19.3 Å². The number of anilines is 1. The summed E-state index contributed by atoms with van der Waals surface area (Å²) in [5.41, 5.74) is 1.02. The molecule has 2 aromatic rings. The second-order valence-electron chi connectivity index (χ2n) is 5.93. The van der Waals surface area contributed by atoms with Crippen LogP contribution in [0.5, 0.6) is 0 Å². The molecule has 24 heavy (non-hydrogen) atoms. The van der Waals surface area contributed by atoms with E-state index in [9.17, 15) is 9.90 Å². The van der Waals surface area contributed by atoms with Crippen molar-refractivity contribution in [1.82, 2.24) is 4.98 Å². The summed E-state index contributed by atoms with van der Waals surface area (Å²) < 4.78 is 0. The van der Waals surface area contributed by atoms with Gasteiger partial charge in [0.2, 0.25) is 0 Å². The van der Waals surface area contributed by atoms with Crippen molar-refractivity contribution >= 4 is 34.8 Å². The van der Waals surface area contributed by atoms with Crippen LogP contribution in [-0.4, -0.2) is 28.1 Å². The number of carbonyl (C=O) groups excluding carboxylic acids is 1. The van der Waals surface area contributed by atoms with Gasteiger partial charge in [-0.05, 0) is 43.2 Å². The zero-order chi connectivity index (χ0) is 17.1. The summed E-state index contributed by atoms with van der Waals surface area (Å²) in [6.07, 6.45) is 5.88. The first kappa shape index (κ1) is 17.2. The maximum Gasteiger partial charge on any atom is 0.260 e. The number of nitrogens with zero attached hydrogens (tertiary/aromatic N) is 2. The van der Waals surface area contributed by atoms with Gasteiger partial charge in [-0.25, -0.2) is 0 Å². The van der Waals surface area contributed by atoms with Crippen LogP contribution in [0.15, 0.2) is 42.7 Å². The smallest absolute Gasteiger partial charge is 0.260 e. The van der Waals surface area contributed by atoms with Crippen LogP contribution >= 0.6 is 23.2 Å². The Morgan fingerprint density at radius 2 is 2.00 bits per heavy atom. The predicted molar refractivity (Wildman–Crippen MR) is 95.8 cm³/mol. The van der Waals surface area contributed by atoms with Gasteiger partial charge in [0, 0.05) is 17.4 Å². The molecule has 1 amide bonds. The lowest BCUT2D eigenvalue weighted by Gasteiger charge is -2.38. The maximum atomic E-state index is 13.1. The van der Waals surface area contributed by atoms with Crippen molar-refractivity contribution in [2.75, 3.05) is 4.90 Å². The van der Waals surface area contributed by atoms with Crippen molar-refractivity contribution in [2.24, 2.45) is 0 Å². The number of aliphatic hydroxyl groups is 1. The average molecular weight is 365 g/mol. The Bertz CT molecular complexity index is 724. The normalized spacial score (nSPS) is 20.6. The number of hydrogen-bond acceptors (Lipinski definition) is 3. The van der Waals surface area contributed by atoms with Crippen LogP contribution in [0.1, 0.15) is 36.0 Å². The molecule has 1 fully saturated rings. The molecule has 0 saturated heterocycles. The van der Waals surface area contributed by atoms with E-state index in [0.29, 0.717) is 27.7 Å². The second kappa shape index (κ2) is 7.51. The molecule has 1 N–H and O–H groups in total. The van der Waals surface area contributed by atoms with E-state index in [-0.39, 0.29) is 11.9 Å². The summed E-state index contributed by atoms with van der Waals surface area (Å²) in [5.74, 6) is -0.224. The fraction of sp³-hybridized carbons (Fsp3) is 0.333. The Morgan fingerprint density at radius 1 is 1.21 bits per heavy atom. The molecule has 1 aromatic heterocycles. The third-order valence-corrected chi connectivity index (χ3v) is 4.86. The zero-order valence-electron chi connectivity index (χ0n) is 13.0. The molecule has 1 aromatic carbocycles. The van der Waals surface area contributed by atoms with Crippen LogP contribution in [0.4, 0.5) is 5.69 Å². The van der Waals surface area contributed by atoms with E-state index < -0.39 is 6.10 Å². The third-order valence-electron chi connectivity index (χ3n) is 4.32. The van der Waals surface area contributed by atoms with Crippen LogP contribution < -0.4 is 4.90 Å². The van der Waals surface area contributed by atoms with E-state index in [2.05, 4.69) is 4.98 Å². The van der Waals surface area contributed by atoms with Gasteiger partial charge in [0.15, 0.2) is 0 Å². The van der Waals surface area contributed by atoms with Crippen molar-refractivity contribution in [3.05, 3.63) is 58.3 Å². The third kappa shape index (κ3) is 3.56. The maximum absolute atomic E-state index is 13.1. The number of halogens is 2. The molecule has 0 spiro atoms. The van der Waals surface area contributed by atoms with Crippen molar-refractivity contribution < 1.29 is 9.90 Å². The first-order valence-electron chi connectivity index (χ1n) is 7.94. The predicted octanol–water partition coefficient (Wildman–Crippen LogP) is 4.34. The molecule has 3 rings (SSSR count). The van der Waals surface area contributed by atoms with Crippen LogP contribution in [0.2, 0.25) is 10.0 Å². The monoisotopic (exact) mass is 364 g/mol. The molecule has 2 atom stereocenters. The second-order valence-corrected chi connectivity index (χ2v) is 6.78. The lowest BCUT2D eigenvalue weighted by molar-refractivity contribution is 0.0821. The molecule has 1 aliphatic carbocycles. The fourth-order valence-electron chi connectivity index (χ4n) is 3.14. The minimum Gasteiger partial charge on any atom is -0.391 e. The summed E-state index contributed by atoms with van der Waals surface area (Å²) in [6, 6.07) is 8.14. The van der Waals surface area contributed by atoms with E-state index in [4.69, 9.17) is 23.2 Å². The highest BCUT2D eigenvalue weighted by Crippen LogP contribution is 2.35. The van der Waals surface area contributed by atoms with Crippen LogP contribution in [-0.2, 0) is 0 Å². The van der Waals surface area contributed by atoms with Gasteiger partial charge in [0.25, 0.3) is 5.91 Å². The van der Waals surface area contributed by atoms with E-state index >= 15 is 0 Å². The van der Waals surface area contributed by atoms with Crippen molar-refractivity contribution in [3.63, 3.8) is 0 Å². The SMILES string of the molecule is O=C(c1cccnc1)N(c1ccc(Cl)cc1Cl)[C@@H]1CCCC[C@H]1O. The molecule has 1 saturated carbocycles. The Morgan fingerprint density at radius 3 is 2.67 bits per heavy atom. The molecule has 6 heteroatoms. The van der Waals surface area contributed by atoms with Gasteiger partial charge in [-0.1, -0.05) is 36.0 Å². The van der Waals surface area contributed by atoms with Crippen LogP contribution in [0.25, 0.3) is 0 Å². The van der Waals surface area contributed by atoms with Gasteiger partial charge >= 0.3 is 0 Å². The first-order valence-corrected chi connectivity index (χ1v) is 8.70. The molecular weight excluding hydrogens is 347 g/mol. The highest BCUT2D eigenvalue weighted by atomic mass is 35.5. The number of carbonyl (C=O) groups is 1. The molecule has 1 aliphatic rings. The standard InChI is InChI=1S/C18H18Cl2N2O2/c19-13-7-8-15(14(20)10-13)22(16-5-1-2-6-17(16)23)18(24)12-4-3-9-21-11-12/h3-4,7-11,16-17,23H,1-2,5-6H2/t16-,17-/m1/s1. The van der Waals surface area contributed by atoms with E-state index in [1.165, 1.54) is 6.20 Å². The Kier molecular flexibility index (Phi) is 5.39. The number of benzene rings is 1. The van der Waals surface area contributed by atoms with Gasteiger partial charge in [0.05, 0.1) is 28.4 Å². The van der Waals surface area contributed by atoms with Gasteiger partial charge < -0.3 is 10.0 Å². The molecule has 0 aliphatic heterocycles. The molecular formula is C18H18Cl2N2O2. The highest BCUT2D eigenvalue weighted by Gasteiger charge is 2.34. The largest absolute Gasteiger partial charge is 0.391 e. The summed E-state index contributed by atoms with van der Waals surface area (Å²) in [4.78, 5) is 18.7. The number of pyridine rings is 1. The molecule has 4 nitrogen and oxygen atoms in total. The fourth-order valence-corrected chi connectivity index (χ4v) is 3.64. The van der Waals surface area contributed by atoms with Crippen molar-refractivity contribution in [2.45, 2.75) is 37.8 Å². The van der Waals surface area contributed by atoms with Crippen molar-refractivity contribution in [3.8, 4) is 0 Å². The number of aromatic nitrogens is 1.